The van der Waals surface area contributed by atoms with Crippen LogP contribution >= 0.6 is 11.6 Å². The van der Waals surface area contributed by atoms with Gasteiger partial charge in [-0.2, -0.15) is 0 Å². The Labute approximate surface area is 115 Å². The van der Waals surface area contributed by atoms with Crippen molar-refractivity contribution >= 4 is 28.9 Å². The smallest absolute Gasteiger partial charge is 0.260 e. The summed E-state index contributed by atoms with van der Waals surface area (Å²) in [4.78, 5) is 12.0. The number of nitrogens with two attached hydrogens (primary N) is 1. The van der Waals surface area contributed by atoms with Crippen LogP contribution in [0, 0.1) is 12.7 Å². The summed E-state index contributed by atoms with van der Waals surface area (Å²) in [6.45, 7) is 1.87. The second-order valence-corrected chi connectivity index (χ2v) is 4.55. The molecule has 2 aromatic rings. The summed E-state index contributed by atoms with van der Waals surface area (Å²) in [5.74, 6) is -1.29. The largest absolute Gasteiger partial charge is 0.397 e. The minimum Gasteiger partial charge on any atom is -0.397 e. The first-order valence-electron chi connectivity index (χ1n) is 5.60. The fourth-order valence-corrected chi connectivity index (χ4v) is 1.93. The predicted molar refractivity (Wildman–Crippen MR) is 75.0 cm³/mol. The molecule has 0 bridgehead atoms. The first kappa shape index (κ1) is 13.4. The van der Waals surface area contributed by atoms with Gasteiger partial charge in [0.2, 0.25) is 0 Å². The fourth-order valence-electron chi connectivity index (χ4n) is 1.68. The van der Waals surface area contributed by atoms with Gasteiger partial charge in [0, 0.05) is 0 Å². The number of benzene rings is 2. The Bertz CT molecular complexity index is 623. The lowest BCUT2D eigenvalue weighted by Crippen LogP contribution is -2.15. The summed E-state index contributed by atoms with van der Waals surface area (Å²) in [6.07, 6.45) is 0. The van der Waals surface area contributed by atoms with E-state index >= 15 is 0 Å². The second-order valence-electron chi connectivity index (χ2n) is 4.14. The molecule has 3 N–H and O–H groups in total. The van der Waals surface area contributed by atoms with Gasteiger partial charge in [-0.25, -0.2) is 4.39 Å². The summed E-state index contributed by atoms with van der Waals surface area (Å²) in [5.41, 5.74) is 7.34. The maximum absolute atomic E-state index is 13.6. The summed E-state index contributed by atoms with van der Waals surface area (Å²) in [6, 6.07) is 9.28. The number of nitrogens with one attached hydrogen (secondary N) is 1. The maximum atomic E-state index is 13.6. The summed E-state index contributed by atoms with van der Waals surface area (Å²) in [7, 11) is 0. The molecule has 0 unspecified atom stereocenters. The van der Waals surface area contributed by atoms with Gasteiger partial charge in [-0.05, 0) is 36.8 Å². The summed E-state index contributed by atoms with van der Waals surface area (Å²) < 4.78 is 13.6. The Hall–Kier alpha value is -2.07. The van der Waals surface area contributed by atoms with Gasteiger partial charge in [-0.15, -0.1) is 0 Å². The minimum atomic E-state index is -0.670. The van der Waals surface area contributed by atoms with Crippen LogP contribution in [0.2, 0.25) is 5.02 Å². The van der Waals surface area contributed by atoms with Crippen LogP contribution in [0.25, 0.3) is 0 Å². The van der Waals surface area contributed by atoms with Crippen LogP contribution < -0.4 is 11.1 Å². The molecule has 2 aromatic carbocycles. The third-order valence-electron chi connectivity index (χ3n) is 2.65. The van der Waals surface area contributed by atoms with Crippen molar-refractivity contribution in [1.29, 1.82) is 0 Å². The average Bonchev–Trinajstić information content (AvgIpc) is 2.33. The molecule has 2 rings (SSSR count). The number of carbonyl (C=O) groups is 1. The van der Waals surface area contributed by atoms with E-state index in [1.54, 1.807) is 12.1 Å². The van der Waals surface area contributed by atoms with Crippen LogP contribution in [0.5, 0.6) is 0 Å². The van der Waals surface area contributed by atoms with Crippen molar-refractivity contribution in [1.82, 2.24) is 0 Å². The third-order valence-corrected chi connectivity index (χ3v) is 2.96. The van der Waals surface area contributed by atoms with E-state index < -0.39 is 11.7 Å². The highest BCUT2D eigenvalue weighted by molar-refractivity contribution is 6.34. The van der Waals surface area contributed by atoms with E-state index in [9.17, 15) is 9.18 Å². The number of rotatable bonds is 2. The monoisotopic (exact) mass is 278 g/mol. The maximum Gasteiger partial charge on any atom is 0.260 e. The Kier molecular flexibility index (Phi) is 3.71. The number of hydrogen-bond donors (Lipinski definition) is 2. The number of anilines is 2. The van der Waals surface area contributed by atoms with Crippen molar-refractivity contribution in [3.63, 3.8) is 0 Å². The molecule has 0 heterocycles. The molecule has 0 aliphatic rings. The number of nitrogen functional groups attached to an aromatic ring is 1. The molecular formula is C14H12ClFN2O. The van der Waals surface area contributed by atoms with E-state index in [0.29, 0.717) is 11.4 Å². The molecule has 0 saturated heterocycles. The normalized spacial score (nSPS) is 10.3. The van der Waals surface area contributed by atoms with Gasteiger partial charge in [-0.1, -0.05) is 23.7 Å². The molecule has 0 atom stereocenters. The molecule has 5 heteroatoms. The average molecular weight is 279 g/mol. The van der Waals surface area contributed by atoms with Crippen molar-refractivity contribution in [2.24, 2.45) is 0 Å². The Morgan fingerprint density at radius 2 is 2.05 bits per heavy atom. The van der Waals surface area contributed by atoms with E-state index in [-0.39, 0.29) is 10.6 Å². The first-order valence-corrected chi connectivity index (χ1v) is 5.98. The van der Waals surface area contributed by atoms with E-state index in [1.807, 2.05) is 13.0 Å². The number of hydrogen-bond acceptors (Lipinski definition) is 2. The number of amides is 1. The number of aryl methyl sites for hydroxylation is 1. The van der Waals surface area contributed by atoms with Crippen LogP contribution in [0.15, 0.2) is 36.4 Å². The minimum absolute atomic E-state index is 0.0590. The molecule has 0 saturated carbocycles. The van der Waals surface area contributed by atoms with E-state index in [0.717, 1.165) is 5.56 Å². The number of carbonyl (C=O) groups excluding carboxylic acids is 1. The van der Waals surface area contributed by atoms with E-state index in [2.05, 4.69) is 5.32 Å². The molecule has 3 nitrogen and oxygen atoms in total. The SMILES string of the molecule is Cc1ccc(N)c(NC(=O)c2c(F)cccc2Cl)c1. The van der Waals surface area contributed by atoms with Crippen LogP contribution in [0.1, 0.15) is 15.9 Å². The Balaban J connectivity index is 2.34. The molecule has 0 aliphatic heterocycles. The van der Waals surface area contributed by atoms with Crippen molar-refractivity contribution in [3.05, 3.63) is 58.4 Å². The number of halogens is 2. The van der Waals surface area contributed by atoms with Crippen LogP contribution in [0.3, 0.4) is 0 Å². The van der Waals surface area contributed by atoms with Crippen molar-refractivity contribution in [2.45, 2.75) is 6.92 Å². The fraction of sp³-hybridized carbons (Fsp3) is 0.0714. The second kappa shape index (κ2) is 5.28. The van der Waals surface area contributed by atoms with Crippen LogP contribution in [-0.2, 0) is 0 Å². The quantitative estimate of drug-likeness (QED) is 0.824. The molecule has 0 fully saturated rings. The lowest BCUT2D eigenvalue weighted by Gasteiger charge is -2.10. The summed E-state index contributed by atoms with van der Waals surface area (Å²) >= 11 is 5.83. The molecular weight excluding hydrogens is 267 g/mol. The summed E-state index contributed by atoms with van der Waals surface area (Å²) in [5, 5.41) is 2.62. The molecule has 1 amide bonds. The standard InChI is InChI=1S/C14H12ClFN2O/c1-8-5-6-11(17)12(7-8)18-14(19)13-9(15)3-2-4-10(13)16/h2-7H,17H2,1H3,(H,18,19). The molecule has 0 spiro atoms. The lowest BCUT2D eigenvalue weighted by molar-refractivity contribution is 0.102. The third kappa shape index (κ3) is 2.85. The highest BCUT2D eigenvalue weighted by atomic mass is 35.5. The van der Waals surface area contributed by atoms with E-state index in [1.165, 1.54) is 18.2 Å². The molecule has 98 valence electrons. The van der Waals surface area contributed by atoms with Gasteiger partial charge < -0.3 is 11.1 Å². The molecule has 19 heavy (non-hydrogen) atoms. The van der Waals surface area contributed by atoms with Gasteiger partial charge in [0.1, 0.15) is 5.82 Å². The highest BCUT2D eigenvalue weighted by Crippen LogP contribution is 2.23. The van der Waals surface area contributed by atoms with Gasteiger partial charge in [0.05, 0.1) is 22.0 Å². The van der Waals surface area contributed by atoms with Gasteiger partial charge in [0.25, 0.3) is 5.91 Å². The van der Waals surface area contributed by atoms with Crippen molar-refractivity contribution in [3.8, 4) is 0 Å². The van der Waals surface area contributed by atoms with Crippen LogP contribution in [0.4, 0.5) is 15.8 Å². The highest BCUT2D eigenvalue weighted by Gasteiger charge is 2.16. The molecule has 0 radical (unpaired) electrons. The van der Waals surface area contributed by atoms with Gasteiger partial charge >= 0.3 is 0 Å². The zero-order chi connectivity index (χ0) is 14.0. The lowest BCUT2D eigenvalue weighted by atomic mass is 10.1. The molecule has 0 aromatic heterocycles. The predicted octanol–water partition coefficient (Wildman–Crippen LogP) is 3.62. The topological polar surface area (TPSA) is 55.1 Å². The molecule has 0 aliphatic carbocycles. The zero-order valence-corrected chi connectivity index (χ0v) is 11.0. The van der Waals surface area contributed by atoms with Crippen molar-refractivity contribution < 1.29 is 9.18 Å². The van der Waals surface area contributed by atoms with E-state index in [4.69, 9.17) is 17.3 Å². The van der Waals surface area contributed by atoms with Crippen molar-refractivity contribution in [2.75, 3.05) is 11.1 Å². The Morgan fingerprint density at radius 3 is 2.74 bits per heavy atom. The first-order chi connectivity index (χ1) is 8.99. The van der Waals surface area contributed by atoms with Gasteiger partial charge in [-0.3, -0.25) is 4.79 Å². The van der Waals surface area contributed by atoms with Crippen LogP contribution in [-0.4, -0.2) is 5.91 Å². The zero-order valence-electron chi connectivity index (χ0n) is 10.2. The Morgan fingerprint density at radius 1 is 1.32 bits per heavy atom. The van der Waals surface area contributed by atoms with Gasteiger partial charge in [0.15, 0.2) is 0 Å².